The van der Waals surface area contributed by atoms with E-state index in [1.807, 2.05) is 0 Å². The smallest absolute Gasteiger partial charge is 0.0811 e. The minimum atomic E-state index is 0. The van der Waals surface area contributed by atoms with Crippen LogP contribution in [0, 0.1) is 5.92 Å². The van der Waals surface area contributed by atoms with Crippen LogP contribution >= 0.6 is 0 Å². The van der Waals surface area contributed by atoms with Crippen molar-refractivity contribution in [2.24, 2.45) is 5.92 Å². The van der Waals surface area contributed by atoms with E-state index in [1.54, 1.807) is 0 Å². The zero-order valence-corrected chi connectivity index (χ0v) is 15.2. The summed E-state index contributed by atoms with van der Waals surface area (Å²) in [6, 6.07) is 0. The molecule has 0 aromatic heterocycles. The maximum atomic E-state index is 2.45. The van der Waals surface area contributed by atoms with E-state index in [-0.39, 0.29) is 17.0 Å². The van der Waals surface area contributed by atoms with E-state index >= 15 is 0 Å². The van der Waals surface area contributed by atoms with E-state index in [2.05, 4.69) is 21.0 Å². The van der Waals surface area contributed by atoms with Crippen LogP contribution in [0.4, 0.5) is 0 Å². The van der Waals surface area contributed by atoms with Gasteiger partial charge in [-0.05, 0) is 25.7 Å². The number of quaternary nitrogens is 1. The van der Waals surface area contributed by atoms with Gasteiger partial charge in [-0.2, -0.15) is 0 Å². The monoisotopic (exact) mass is 333 g/mol. The Kier molecular flexibility index (Phi) is 11.4. The Morgan fingerprint density at radius 1 is 0.842 bits per heavy atom. The molecular formula is C17H36BrN. The minimum Gasteiger partial charge on any atom is -1.00 e. The molecule has 0 amide bonds. The molecule has 0 spiro atoms. The molecule has 0 atom stereocenters. The average Bonchev–Trinajstić information content (AvgIpc) is 2.34. The third-order valence-corrected chi connectivity index (χ3v) is 4.59. The van der Waals surface area contributed by atoms with Crippen LogP contribution in [0.5, 0.6) is 0 Å². The van der Waals surface area contributed by atoms with Crippen LogP contribution in [-0.2, 0) is 0 Å². The predicted molar refractivity (Wildman–Crippen MR) is 81.8 cm³/mol. The molecule has 0 aromatic carbocycles. The van der Waals surface area contributed by atoms with Gasteiger partial charge in [-0.15, -0.1) is 0 Å². The zero-order chi connectivity index (χ0) is 13.3. The van der Waals surface area contributed by atoms with Crippen molar-refractivity contribution in [2.45, 2.75) is 77.6 Å². The lowest BCUT2D eigenvalue weighted by Gasteiger charge is -2.35. The van der Waals surface area contributed by atoms with Gasteiger partial charge < -0.3 is 21.5 Å². The number of rotatable bonds is 9. The van der Waals surface area contributed by atoms with Crippen molar-refractivity contribution in [1.82, 2.24) is 0 Å². The molecule has 2 heteroatoms. The van der Waals surface area contributed by atoms with Crippen LogP contribution < -0.4 is 17.0 Å². The highest BCUT2D eigenvalue weighted by Gasteiger charge is 2.23. The first-order valence-corrected chi connectivity index (χ1v) is 8.46. The van der Waals surface area contributed by atoms with Gasteiger partial charge >= 0.3 is 0 Å². The first-order valence-electron chi connectivity index (χ1n) is 8.46. The Labute approximate surface area is 132 Å². The molecule has 0 radical (unpaired) electrons. The number of unbranched alkanes of at least 4 members (excludes halogenated alkanes) is 5. The number of nitrogens with zero attached hydrogens (tertiary/aromatic N) is 1. The van der Waals surface area contributed by atoms with Gasteiger partial charge in [0.2, 0.25) is 0 Å². The maximum Gasteiger partial charge on any atom is 0.0811 e. The first kappa shape index (κ1) is 19.4. The van der Waals surface area contributed by atoms with Crippen LogP contribution in [0.15, 0.2) is 0 Å². The summed E-state index contributed by atoms with van der Waals surface area (Å²) >= 11 is 0. The van der Waals surface area contributed by atoms with Crippen molar-refractivity contribution in [1.29, 1.82) is 0 Å². The highest BCUT2D eigenvalue weighted by molar-refractivity contribution is 4.65. The van der Waals surface area contributed by atoms with Crippen molar-refractivity contribution in [3.05, 3.63) is 0 Å². The Hall–Kier alpha value is 0.440. The van der Waals surface area contributed by atoms with E-state index in [4.69, 9.17) is 0 Å². The van der Waals surface area contributed by atoms with Gasteiger partial charge in [-0.1, -0.05) is 51.9 Å². The Bertz CT molecular complexity index is 197. The van der Waals surface area contributed by atoms with Crippen molar-refractivity contribution in [3.8, 4) is 0 Å². The summed E-state index contributed by atoms with van der Waals surface area (Å²) in [4.78, 5) is 0. The Balaban J connectivity index is 0.00000324. The summed E-state index contributed by atoms with van der Waals surface area (Å²) in [5.41, 5.74) is 0. The van der Waals surface area contributed by atoms with Gasteiger partial charge in [-0.25, -0.2) is 0 Å². The van der Waals surface area contributed by atoms with Gasteiger partial charge in [0.15, 0.2) is 0 Å². The fraction of sp³-hybridized carbons (Fsp3) is 1.00. The molecule has 0 bridgehead atoms. The third kappa shape index (κ3) is 9.90. The lowest BCUT2D eigenvalue weighted by atomic mass is 9.88. The molecule has 1 fully saturated rings. The van der Waals surface area contributed by atoms with Gasteiger partial charge in [0, 0.05) is 5.92 Å². The lowest BCUT2D eigenvalue weighted by Crippen LogP contribution is -3.00. The van der Waals surface area contributed by atoms with E-state index < -0.39 is 0 Å². The van der Waals surface area contributed by atoms with E-state index in [1.165, 1.54) is 88.2 Å². The molecule has 116 valence electrons. The summed E-state index contributed by atoms with van der Waals surface area (Å²) in [5.74, 6) is 1.02. The zero-order valence-electron chi connectivity index (χ0n) is 13.6. The molecule has 0 heterocycles. The summed E-state index contributed by atoms with van der Waals surface area (Å²) in [6.45, 7) is 5.11. The fourth-order valence-electron chi connectivity index (χ4n) is 3.48. The first-order chi connectivity index (χ1) is 8.64. The number of hydrogen-bond acceptors (Lipinski definition) is 0. The van der Waals surface area contributed by atoms with E-state index in [9.17, 15) is 0 Å². The highest BCUT2D eigenvalue weighted by atomic mass is 79.9. The lowest BCUT2D eigenvalue weighted by molar-refractivity contribution is -0.894. The summed E-state index contributed by atoms with van der Waals surface area (Å²) in [6.07, 6.45) is 16.0. The molecule has 19 heavy (non-hydrogen) atoms. The van der Waals surface area contributed by atoms with Crippen LogP contribution in [0.2, 0.25) is 0 Å². The van der Waals surface area contributed by atoms with Crippen LogP contribution in [0.3, 0.4) is 0 Å². The topological polar surface area (TPSA) is 0 Å². The van der Waals surface area contributed by atoms with Gasteiger partial charge in [0.25, 0.3) is 0 Å². The summed E-state index contributed by atoms with van der Waals surface area (Å²) in [7, 11) is 4.89. The molecule has 1 aliphatic carbocycles. The second kappa shape index (κ2) is 11.1. The van der Waals surface area contributed by atoms with Gasteiger partial charge in [-0.3, -0.25) is 0 Å². The molecule has 0 N–H and O–H groups in total. The average molecular weight is 334 g/mol. The largest absolute Gasteiger partial charge is 1.00 e. The quantitative estimate of drug-likeness (QED) is 0.447. The maximum absolute atomic E-state index is 2.45. The number of hydrogen-bond donors (Lipinski definition) is 0. The second-order valence-electron chi connectivity index (χ2n) is 7.11. The fourth-order valence-corrected chi connectivity index (χ4v) is 3.48. The normalized spacial score (nSPS) is 17.2. The minimum absolute atomic E-state index is 0. The second-order valence-corrected chi connectivity index (χ2v) is 7.11. The summed E-state index contributed by atoms with van der Waals surface area (Å²) < 4.78 is 1.26. The van der Waals surface area contributed by atoms with E-state index in [0.29, 0.717) is 0 Å². The van der Waals surface area contributed by atoms with Crippen molar-refractivity contribution in [2.75, 3.05) is 27.2 Å². The third-order valence-electron chi connectivity index (χ3n) is 4.59. The van der Waals surface area contributed by atoms with Crippen molar-refractivity contribution in [3.63, 3.8) is 0 Å². The van der Waals surface area contributed by atoms with Crippen molar-refractivity contribution < 1.29 is 21.5 Å². The molecule has 0 aliphatic heterocycles. The molecule has 1 nitrogen and oxygen atoms in total. The SMILES string of the molecule is CCCCCCCC[N+](C)(C)CC1CCCCC1.[Br-]. The van der Waals surface area contributed by atoms with Crippen LogP contribution in [0.1, 0.15) is 77.6 Å². The Morgan fingerprint density at radius 3 is 2.05 bits per heavy atom. The predicted octanol–water partition coefficient (Wildman–Crippen LogP) is 2.01. The van der Waals surface area contributed by atoms with Gasteiger partial charge in [0.05, 0.1) is 27.2 Å². The standard InChI is InChI=1S/C17H36N.BrH/c1-4-5-6-7-8-12-15-18(2,3)16-17-13-10-9-11-14-17;/h17H,4-16H2,1-3H3;1H/q+1;/p-1. The van der Waals surface area contributed by atoms with Crippen LogP contribution in [0.25, 0.3) is 0 Å². The molecular weight excluding hydrogens is 298 g/mol. The Morgan fingerprint density at radius 2 is 1.42 bits per heavy atom. The van der Waals surface area contributed by atoms with Gasteiger partial charge in [0.1, 0.15) is 0 Å². The number of halogens is 1. The summed E-state index contributed by atoms with van der Waals surface area (Å²) in [5, 5.41) is 0. The molecule has 0 saturated heterocycles. The van der Waals surface area contributed by atoms with Crippen LogP contribution in [-0.4, -0.2) is 31.7 Å². The molecule has 1 saturated carbocycles. The molecule has 1 aliphatic rings. The van der Waals surface area contributed by atoms with E-state index in [0.717, 1.165) is 5.92 Å². The molecule has 0 aromatic rings. The highest BCUT2D eigenvalue weighted by Crippen LogP contribution is 2.25. The van der Waals surface area contributed by atoms with Crippen molar-refractivity contribution >= 4 is 0 Å². The molecule has 0 unspecified atom stereocenters. The molecule has 1 rings (SSSR count).